The first-order valence-electron chi connectivity index (χ1n) is 8.95. The lowest BCUT2D eigenvalue weighted by Crippen LogP contribution is -2.31. The van der Waals surface area contributed by atoms with E-state index in [1.165, 1.54) is 23.2 Å². The summed E-state index contributed by atoms with van der Waals surface area (Å²) in [7, 11) is 1.70. The van der Waals surface area contributed by atoms with Crippen molar-refractivity contribution in [1.29, 1.82) is 0 Å². The largest absolute Gasteiger partial charge is 0.497 e. The molecule has 1 aromatic heterocycles. The third-order valence-corrected chi connectivity index (χ3v) is 4.71. The fourth-order valence-electron chi connectivity index (χ4n) is 3.27. The molecule has 4 nitrogen and oxygen atoms in total. The molecule has 0 radical (unpaired) electrons. The predicted octanol–water partition coefficient (Wildman–Crippen LogP) is 3.62. The Bertz CT molecular complexity index is 697. The Morgan fingerprint density at radius 1 is 1.08 bits per heavy atom. The average molecular weight is 337 g/mol. The van der Waals surface area contributed by atoms with Crippen LogP contribution in [0.1, 0.15) is 17.5 Å². The highest BCUT2D eigenvalue weighted by Gasteiger charge is 2.15. The molecule has 0 bridgehead atoms. The standard InChI is InChI=1S/C21H27N3O/c1-18-17-22-11-10-21(18)24-14-4-13-23(15-16-24)12-3-5-19-6-8-20(25-2)9-7-19/h3,5-11,17H,4,12-16H2,1-2H3. The van der Waals surface area contributed by atoms with Crippen LogP contribution >= 0.6 is 0 Å². The van der Waals surface area contributed by atoms with Gasteiger partial charge in [0.15, 0.2) is 0 Å². The molecule has 0 N–H and O–H groups in total. The molecule has 1 fully saturated rings. The summed E-state index contributed by atoms with van der Waals surface area (Å²) in [6.45, 7) is 7.56. The van der Waals surface area contributed by atoms with Crippen LogP contribution in [0.4, 0.5) is 5.69 Å². The third kappa shape index (κ3) is 4.83. The smallest absolute Gasteiger partial charge is 0.118 e. The average Bonchev–Trinajstić information content (AvgIpc) is 2.88. The summed E-state index contributed by atoms with van der Waals surface area (Å²) < 4.78 is 5.20. The van der Waals surface area contributed by atoms with Gasteiger partial charge in [0.25, 0.3) is 0 Å². The number of pyridine rings is 1. The molecule has 0 amide bonds. The Kier molecular flexibility index (Phi) is 6.07. The van der Waals surface area contributed by atoms with Gasteiger partial charge in [-0.05, 0) is 42.7 Å². The van der Waals surface area contributed by atoms with E-state index in [0.29, 0.717) is 0 Å². The first-order chi connectivity index (χ1) is 12.3. The fourth-order valence-corrected chi connectivity index (χ4v) is 3.27. The highest BCUT2D eigenvalue weighted by molar-refractivity contribution is 5.52. The van der Waals surface area contributed by atoms with Crippen LogP contribution in [0.2, 0.25) is 0 Å². The summed E-state index contributed by atoms with van der Waals surface area (Å²) in [4.78, 5) is 9.22. The molecule has 3 rings (SSSR count). The van der Waals surface area contributed by atoms with Crippen LogP contribution in [0.3, 0.4) is 0 Å². The van der Waals surface area contributed by atoms with Gasteiger partial charge in [0.1, 0.15) is 5.75 Å². The molecule has 0 saturated carbocycles. The zero-order valence-corrected chi connectivity index (χ0v) is 15.2. The minimum atomic E-state index is 0.899. The molecule has 0 spiro atoms. The van der Waals surface area contributed by atoms with Crippen LogP contribution in [0.25, 0.3) is 6.08 Å². The number of aryl methyl sites for hydroxylation is 1. The topological polar surface area (TPSA) is 28.6 Å². The summed E-state index contributed by atoms with van der Waals surface area (Å²) >= 11 is 0. The molecule has 0 aliphatic carbocycles. The predicted molar refractivity (Wildman–Crippen MR) is 104 cm³/mol. The van der Waals surface area contributed by atoms with Crippen molar-refractivity contribution < 1.29 is 4.74 Å². The first-order valence-corrected chi connectivity index (χ1v) is 8.95. The number of rotatable bonds is 5. The van der Waals surface area contributed by atoms with E-state index >= 15 is 0 Å². The molecule has 2 heterocycles. The van der Waals surface area contributed by atoms with Gasteiger partial charge in [-0.2, -0.15) is 0 Å². The fraction of sp³-hybridized carbons (Fsp3) is 0.381. The molecule has 4 heteroatoms. The number of benzene rings is 1. The number of methoxy groups -OCH3 is 1. The zero-order valence-electron chi connectivity index (χ0n) is 15.2. The Hall–Kier alpha value is -2.33. The second-order valence-electron chi connectivity index (χ2n) is 6.48. The minimum Gasteiger partial charge on any atom is -0.497 e. The van der Waals surface area contributed by atoms with Gasteiger partial charge in [-0.3, -0.25) is 9.88 Å². The molecule has 1 aliphatic rings. The summed E-state index contributed by atoms with van der Waals surface area (Å²) in [5.74, 6) is 0.899. The van der Waals surface area contributed by atoms with Gasteiger partial charge in [-0.1, -0.05) is 24.3 Å². The Morgan fingerprint density at radius 2 is 1.92 bits per heavy atom. The van der Waals surface area contributed by atoms with Crippen LogP contribution in [0.15, 0.2) is 48.8 Å². The number of hydrogen-bond donors (Lipinski definition) is 0. The molecule has 0 atom stereocenters. The van der Waals surface area contributed by atoms with Gasteiger partial charge in [-0.25, -0.2) is 0 Å². The Labute approximate surface area is 150 Å². The number of nitrogens with zero attached hydrogens (tertiary/aromatic N) is 3. The Balaban J connectivity index is 1.53. The maximum atomic E-state index is 5.20. The van der Waals surface area contributed by atoms with E-state index in [-0.39, 0.29) is 0 Å². The summed E-state index contributed by atoms with van der Waals surface area (Å²) in [6.07, 6.45) is 9.49. The molecule has 1 saturated heterocycles. The van der Waals surface area contributed by atoms with Gasteiger partial charge < -0.3 is 9.64 Å². The van der Waals surface area contributed by atoms with Crippen molar-refractivity contribution >= 4 is 11.8 Å². The van der Waals surface area contributed by atoms with Crippen LogP contribution in [0, 0.1) is 6.92 Å². The van der Waals surface area contributed by atoms with E-state index in [0.717, 1.165) is 38.5 Å². The monoisotopic (exact) mass is 337 g/mol. The molecular weight excluding hydrogens is 310 g/mol. The highest BCUT2D eigenvalue weighted by atomic mass is 16.5. The van der Waals surface area contributed by atoms with Crippen molar-refractivity contribution in [3.8, 4) is 5.75 Å². The number of aromatic nitrogens is 1. The highest BCUT2D eigenvalue weighted by Crippen LogP contribution is 2.20. The van der Waals surface area contributed by atoms with E-state index in [9.17, 15) is 0 Å². The maximum absolute atomic E-state index is 5.20. The van der Waals surface area contributed by atoms with E-state index in [1.807, 2.05) is 24.5 Å². The third-order valence-electron chi connectivity index (χ3n) is 4.71. The van der Waals surface area contributed by atoms with Gasteiger partial charge in [0.05, 0.1) is 7.11 Å². The van der Waals surface area contributed by atoms with Crippen LogP contribution in [0.5, 0.6) is 5.75 Å². The molecule has 1 aromatic carbocycles. The number of hydrogen-bond acceptors (Lipinski definition) is 4. The summed E-state index contributed by atoms with van der Waals surface area (Å²) in [5, 5.41) is 0. The van der Waals surface area contributed by atoms with Crippen LogP contribution in [-0.2, 0) is 0 Å². The van der Waals surface area contributed by atoms with E-state index < -0.39 is 0 Å². The molecule has 25 heavy (non-hydrogen) atoms. The first kappa shape index (κ1) is 17.5. The molecule has 132 valence electrons. The Morgan fingerprint density at radius 3 is 2.68 bits per heavy atom. The zero-order chi connectivity index (χ0) is 17.5. The molecule has 2 aromatic rings. The van der Waals surface area contributed by atoms with E-state index in [2.05, 4.69) is 52.1 Å². The number of anilines is 1. The van der Waals surface area contributed by atoms with Crippen molar-refractivity contribution in [3.05, 3.63) is 59.9 Å². The lowest BCUT2D eigenvalue weighted by atomic mass is 10.2. The van der Waals surface area contributed by atoms with Crippen LogP contribution in [-0.4, -0.2) is 49.7 Å². The van der Waals surface area contributed by atoms with E-state index in [4.69, 9.17) is 4.74 Å². The van der Waals surface area contributed by atoms with Gasteiger partial charge in [0.2, 0.25) is 0 Å². The van der Waals surface area contributed by atoms with Crippen LogP contribution < -0.4 is 9.64 Å². The van der Waals surface area contributed by atoms with Crippen molar-refractivity contribution in [1.82, 2.24) is 9.88 Å². The lowest BCUT2D eigenvalue weighted by Gasteiger charge is -2.24. The van der Waals surface area contributed by atoms with E-state index in [1.54, 1.807) is 7.11 Å². The number of ether oxygens (including phenoxy) is 1. The molecule has 1 aliphatic heterocycles. The van der Waals surface area contributed by atoms with Crippen molar-refractivity contribution in [2.75, 3.05) is 44.7 Å². The molecule has 0 unspecified atom stereocenters. The lowest BCUT2D eigenvalue weighted by molar-refractivity contribution is 0.326. The minimum absolute atomic E-state index is 0.899. The quantitative estimate of drug-likeness (QED) is 0.833. The van der Waals surface area contributed by atoms with Gasteiger partial charge in [0, 0.05) is 50.8 Å². The second kappa shape index (κ2) is 8.67. The SMILES string of the molecule is COc1ccc(C=CCN2CCCN(c3ccncc3C)CC2)cc1. The normalized spacial score (nSPS) is 16.2. The van der Waals surface area contributed by atoms with Crippen molar-refractivity contribution in [2.45, 2.75) is 13.3 Å². The van der Waals surface area contributed by atoms with Crippen molar-refractivity contribution in [3.63, 3.8) is 0 Å². The maximum Gasteiger partial charge on any atom is 0.118 e. The summed E-state index contributed by atoms with van der Waals surface area (Å²) in [6, 6.07) is 10.3. The van der Waals surface area contributed by atoms with Gasteiger partial charge in [-0.15, -0.1) is 0 Å². The molecular formula is C21H27N3O. The van der Waals surface area contributed by atoms with Gasteiger partial charge >= 0.3 is 0 Å². The van der Waals surface area contributed by atoms with Crippen molar-refractivity contribution in [2.24, 2.45) is 0 Å². The second-order valence-corrected chi connectivity index (χ2v) is 6.48. The summed E-state index contributed by atoms with van der Waals surface area (Å²) in [5.41, 5.74) is 3.80.